The molecule has 0 fully saturated rings. The number of Topliss-reactive ketones (excluding diaryl/α,β-unsaturated/α-hetero) is 1. The molecule has 0 unspecified atom stereocenters. The number of fused-ring (bicyclic) bond motifs is 1. The van der Waals surface area contributed by atoms with Crippen molar-refractivity contribution in [2.45, 2.75) is 0 Å². The molecule has 3 aromatic heterocycles. The molecular weight excluding hydrogens is 398 g/mol. The zero-order valence-corrected chi connectivity index (χ0v) is 16.2. The standard InChI is InChI=1S/C17H15N7O2S2/c25-13(8-20-17(26)12-7-18-2-3-19-12)14-9-23(5-6-28-14)15-11-1-4-24(27)16(11)22-10-21-15/h1-4,7,9-10,27H,5-6,8H2,(H,20,26). The summed E-state index contributed by atoms with van der Waals surface area (Å²) >= 11 is 5.78. The third-order valence-corrected chi connectivity index (χ3v) is 5.41. The van der Waals surface area contributed by atoms with E-state index in [0.717, 1.165) is 11.1 Å². The maximum Gasteiger partial charge on any atom is 0.271 e. The molecule has 28 heavy (non-hydrogen) atoms. The minimum absolute atomic E-state index is 0.117. The third-order valence-electron chi connectivity index (χ3n) is 4.06. The van der Waals surface area contributed by atoms with Gasteiger partial charge in [0.05, 0.1) is 23.0 Å². The number of amides is 1. The summed E-state index contributed by atoms with van der Waals surface area (Å²) in [5.41, 5.74) is 0.867. The number of rotatable bonds is 5. The Morgan fingerprint density at radius 2 is 2.14 bits per heavy atom. The predicted molar refractivity (Wildman–Crippen MR) is 109 cm³/mol. The van der Waals surface area contributed by atoms with Crippen LogP contribution in [0, 0.1) is 0 Å². The summed E-state index contributed by atoms with van der Waals surface area (Å²) in [5, 5.41) is 3.43. The molecule has 1 amide bonds. The fourth-order valence-electron chi connectivity index (χ4n) is 2.72. The predicted octanol–water partition coefficient (Wildman–Crippen LogP) is 1.31. The van der Waals surface area contributed by atoms with Gasteiger partial charge in [-0.3, -0.25) is 18.5 Å². The molecule has 0 spiro atoms. The van der Waals surface area contributed by atoms with Crippen molar-refractivity contribution < 1.29 is 9.59 Å². The van der Waals surface area contributed by atoms with Gasteiger partial charge in [-0.05, 0) is 6.07 Å². The van der Waals surface area contributed by atoms with Crippen LogP contribution in [0.5, 0.6) is 0 Å². The van der Waals surface area contributed by atoms with Crippen LogP contribution in [0.1, 0.15) is 10.5 Å². The SMILES string of the molecule is O=C(CNC(=O)c1cnccn1)C1=CN(c2ncnc3c2ccn3S)CCS1. The first-order valence-electron chi connectivity index (χ1n) is 8.33. The van der Waals surface area contributed by atoms with Gasteiger partial charge in [0.25, 0.3) is 5.91 Å². The van der Waals surface area contributed by atoms with Crippen LogP contribution < -0.4 is 10.2 Å². The maximum atomic E-state index is 12.6. The van der Waals surface area contributed by atoms with Gasteiger partial charge in [-0.25, -0.2) is 15.0 Å². The molecule has 1 aliphatic heterocycles. The lowest BCUT2D eigenvalue weighted by Gasteiger charge is -2.25. The van der Waals surface area contributed by atoms with Crippen LogP contribution in [-0.2, 0) is 4.79 Å². The molecule has 1 aliphatic rings. The smallest absolute Gasteiger partial charge is 0.271 e. The van der Waals surface area contributed by atoms with Crippen molar-refractivity contribution in [1.29, 1.82) is 0 Å². The van der Waals surface area contributed by atoms with E-state index < -0.39 is 5.91 Å². The van der Waals surface area contributed by atoms with Crippen LogP contribution in [0.2, 0.25) is 0 Å². The van der Waals surface area contributed by atoms with Gasteiger partial charge >= 0.3 is 0 Å². The Labute approximate surface area is 169 Å². The van der Waals surface area contributed by atoms with E-state index in [4.69, 9.17) is 0 Å². The van der Waals surface area contributed by atoms with Crippen LogP contribution in [0.25, 0.3) is 11.0 Å². The highest BCUT2D eigenvalue weighted by molar-refractivity contribution is 8.04. The zero-order valence-electron chi connectivity index (χ0n) is 14.5. The van der Waals surface area contributed by atoms with E-state index in [0.29, 0.717) is 22.9 Å². The minimum atomic E-state index is -0.438. The van der Waals surface area contributed by atoms with Gasteiger partial charge in [-0.1, -0.05) is 12.8 Å². The maximum absolute atomic E-state index is 12.6. The Hall–Kier alpha value is -2.92. The Bertz CT molecular complexity index is 1070. The van der Waals surface area contributed by atoms with Gasteiger partial charge in [0.2, 0.25) is 0 Å². The summed E-state index contributed by atoms with van der Waals surface area (Å²) < 4.78 is 1.62. The third kappa shape index (κ3) is 3.71. The summed E-state index contributed by atoms with van der Waals surface area (Å²) in [6.07, 6.45) is 9.29. The summed E-state index contributed by atoms with van der Waals surface area (Å²) in [6.45, 7) is 0.589. The van der Waals surface area contributed by atoms with Crippen LogP contribution in [-0.4, -0.2) is 54.4 Å². The highest BCUT2D eigenvalue weighted by Crippen LogP contribution is 2.30. The molecular formula is C17H15N7O2S2. The first-order valence-corrected chi connectivity index (χ1v) is 9.72. The number of ketones is 1. The molecule has 0 atom stereocenters. The average molecular weight is 413 g/mol. The fraction of sp³-hybridized carbons (Fsp3) is 0.176. The number of carbonyl (C=O) groups is 2. The van der Waals surface area contributed by atoms with Gasteiger partial charge in [0.1, 0.15) is 17.8 Å². The molecule has 3 aromatic rings. The lowest BCUT2D eigenvalue weighted by molar-refractivity contribution is -0.114. The molecule has 0 aliphatic carbocycles. The number of thiol groups is 1. The van der Waals surface area contributed by atoms with Crippen molar-refractivity contribution in [3.63, 3.8) is 0 Å². The van der Waals surface area contributed by atoms with Crippen molar-refractivity contribution in [3.05, 3.63) is 54.0 Å². The first-order chi connectivity index (χ1) is 13.6. The van der Waals surface area contributed by atoms with Crippen molar-refractivity contribution in [2.75, 3.05) is 23.7 Å². The molecule has 0 saturated carbocycles. The van der Waals surface area contributed by atoms with Crippen LogP contribution in [0.15, 0.2) is 48.3 Å². The molecule has 0 aromatic carbocycles. The number of nitrogens with one attached hydrogen (secondary N) is 1. The van der Waals surface area contributed by atoms with Crippen molar-refractivity contribution in [1.82, 2.24) is 29.2 Å². The molecule has 0 radical (unpaired) electrons. The quantitative estimate of drug-likeness (QED) is 0.603. The van der Waals surface area contributed by atoms with Crippen LogP contribution in [0.4, 0.5) is 5.82 Å². The molecule has 11 heteroatoms. The zero-order chi connectivity index (χ0) is 19.5. The van der Waals surface area contributed by atoms with Crippen molar-refractivity contribution in [3.8, 4) is 0 Å². The van der Waals surface area contributed by atoms with Crippen LogP contribution >= 0.6 is 24.6 Å². The Morgan fingerprint density at radius 1 is 1.25 bits per heavy atom. The van der Waals surface area contributed by atoms with Crippen molar-refractivity contribution >= 4 is 53.1 Å². The number of thioether (sulfide) groups is 1. The second-order valence-corrected chi connectivity index (χ2v) is 7.39. The van der Waals surface area contributed by atoms with E-state index in [9.17, 15) is 9.59 Å². The average Bonchev–Trinajstić information content (AvgIpc) is 3.13. The first kappa shape index (κ1) is 18.4. The lowest BCUT2D eigenvalue weighted by atomic mass is 10.3. The topological polar surface area (TPSA) is 106 Å². The highest BCUT2D eigenvalue weighted by Gasteiger charge is 2.21. The van der Waals surface area contributed by atoms with E-state index in [-0.39, 0.29) is 18.0 Å². The summed E-state index contributed by atoms with van der Waals surface area (Å²) in [6, 6.07) is 1.88. The van der Waals surface area contributed by atoms with Gasteiger partial charge in [0, 0.05) is 37.1 Å². The minimum Gasteiger partial charge on any atom is -0.343 e. The Morgan fingerprint density at radius 3 is 2.96 bits per heavy atom. The number of carbonyl (C=O) groups excluding carboxylic acids is 2. The van der Waals surface area contributed by atoms with E-state index in [1.165, 1.54) is 36.7 Å². The highest BCUT2D eigenvalue weighted by atomic mass is 32.2. The van der Waals surface area contributed by atoms with Gasteiger partial charge < -0.3 is 10.2 Å². The van der Waals surface area contributed by atoms with E-state index in [2.05, 4.69) is 38.1 Å². The van der Waals surface area contributed by atoms with E-state index >= 15 is 0 Å². The molecule has 1 N–H and O–H groups in total. The van der Waals surface area contributed by atoms with Crippen molar-refractivity contribution in [2.24, 2.45) is 0 Å². The number of aromatic nitrogens is 5. The van der Waals surface area contributed by atoms with Gasteiger partial charge in [-0.2, -0.15) is 0 Å². The molecule has 4 heterocycles. The van der Waals surface area contributed by atoms with E-state index in [1.54, 1.807) is 16.4 Å². The number of hydrogen-bond donors (Lipinski definition) is 2. The lowest BCUT2D eigenvalue weighted by Crippen LogP contribution is -2.33. The molecule has 142 valence electrons. The monoisotopic (exact) mass is 413 g/mol. The largest absolute Gasteiger partial charge is 0.343 e. The normalized spacial score (nSPS) is 14.0. The summed E-state index contributed by atoms with van der Waals surface area (Å²) in [5.74, 6) is 0.825. The molecule has 9 nitrogen and oxygen atoms in total. The van der Waals surface area contributed by atoms with Gasteiger partial charge in [0.15, 0.2) is 11.4 Å². The molecule has 0 bridgehead atoms. The summed E-state index contributed by atoms with van der Waals surface area (Å²) in [7, 11) is 0. The number of hydrogen-bond acceptors (Lipinski definition) is 9. The number of nitrogens with zero attached hydrogens (tertiary/aromatic N) is 6. The second kappa shape index (κ2) is 7.98. The Balaban J connectivity index is 1.49. The van der Waals surface area contributed by atoms with Crippen LogP contribution in [0.3, 0.4) is 0 Å². The summed E-state index contributed by atoms with van der Waals surface area (Å²) in [4.78, 5) is 43.4. The molecule has 4 rings (SSSR count). The fourth-order valence-corrected chi connectivity index (χ4v) is 3.89. The Kier molecular flexibility index (Phi) is 5.26. The number of anilines is 1. The van der Waals surface area contributed by atoms with Gasteiger partial charge in [-0.15, -0.1) is 11.8 Å². The van der Waals surface area contributed by atoms with E-state index in [1.807, 2.05) is 11.0 Å². The second-order valence-electron chi connectivity index (χ2n) is 5.83. The molecule has 0 saturated heterocycles.